The van der Waals surface area contributed by atoms with Crippen LogP contribution >= 0.6 is 0 Å². The van der Waals surface area contributed by atoms with Crippen LogP contribution in [0.15, 0.2) is 47.1 Å². The molecule has 1 aromatic carbocycles. The van der Waals surface area contributed by atoms with E-state index in [0.29, 0.717) is 45.0 Å². The predicted molar refractivity (Wildman–Crippen MR) is 101 cm³/mol. The molecule has 0 bridgehead atoms. The highest BCUT2D eigenvalue weighted by atomic mass is 16.5. The molecular formula is C20H25N3O4. The van der Waals surface area contributed by atoms with Crippen LogP contribution in [0.2, 0.25) is 0 Å². The molecule has 1 aliphatic heterocycles. The van der Waals surface area contributed by atoms with Gasteiger partial charge in [0.2, 0.25) is 5.91 Å². The minimum absolute atomic E-state index is 0.0557. The van der Waals surface area contributed by atoms with Gasteiger partial charge in [0, 0.05) is 26.2 Å². The van der Waals surface area contributed by atoms with E-state index in [-0.39, 0.29) is 11.8 Å². The van der Waals surface area contributed by atoms with Crippen molar-refractivity contribution in [2.45, 2.75) is 6.42 Å². The first-order valence-electron chi connectivity index (χ1n) is 9.12. The Labute approximate surface area is 158 Å². The number of methoxy groups -OCH3 is 1. The third-order valence-corrected chi connectivity index (χ3v) is 4.69. The SMILES string of the molecule is COc1ccccc1CCNCC(=O)N1CCN(C(=O)c2ccco2)CC1. The van der Waals surface area contributed by atoms with Gasteiger partial charge in [-0.25, -0.2) is 0 Å². The molecule has 0 saturated carbocycles. The van der Waals surface area contributed by atoms with Crippen molar-refractivity contribution in [3.8, 4) is 5.75 Å². The second-order valence-electron chi connectivity index (χ2n) is 6.39. The molecule has 1 aromatic heterocycles. The van der Waals surface area contributed by atoms with Crippen LogP contribution < -0.4 is 10.1 Å². The fourth-order valence-corrected chi connectivity index (χ4v) is 3.15. The number of ether oxygens (including phenoxy) is 1. The van der Waals surface area contributed by atoms with E-state index in [9.17, 15) is 9.59 Å². The van der Waals surface area contributed by atoms with Crippen molar-refractivity contribution in [1.29, 1.82) is 0 Å². The van der Waals surface area contributed by atoms with E-state index in [0.717, 1.165) is 17.7 Å². The highest BCUT2D eigenvalue weighted by molar-refractivity contribution is 5.91. The van der Waals surface area contributed by atoms with Crippen LogP contribution in [0.25, 0.3) is 0 Å². The number of furan rings is 1. The number of benzene rings is 1. The number of carbonyl (C=O) groups is 2. The lowest BCUT2D eigenvalue weighted by Gasteiger charge is -2.34. The summed E-state index contributed by atoms with van der Waals surface area (Å²) in [4.78, 5) is 28.1. The van der Waals surface area contributed by atoms with Crippen LogP contribution in [0.3, 0.4) is 0 Å². The van der Waals surface area contributed by atoms with Gasteiger partial charge in [-0.2, -0.15) is 0 Å². The molecule has 0 unspecified atom stereocenters. The summed E-state index contributed by atoms with van der Waals surface area (Å²) in [5, 5.41) is 3.20. The Balaban J connectivity index is 1.38. The molecular weight excluding hydrogens is 346 g/mol. The van der Waals surface area contributed by atoms with E-state index in [1.165, 1.54) is 6.26 Å². The van der Waals surface area contributed by atoms with Crippen LogP contribution in [-0.4, -0.2) is 68.0 Å². The Hall–Kier alpha value is -2.80. The molecule has 0 radical (unpaired) electrons. The summed E-state index contributed by atoms with van der Waals surface area (Å²) in [7, 11) is 1.66. The fourth-order valence-electron chi connectivity index (χ4n) is 3.15. The van der Waals surface area contributed by atoms with Crippen molar-refractivity contribution in [1.82, 2.24) is 15.1 Å². The van der Waals surface area contributed by atoms with Crippen LogP contribution in [0.4, 0.5) is 0 Å². The maximum absolute atomic E-state index is 12.4. The zero-order valence-electron chi connectivity index (χ0n) is 15.5. The Morgan fingerprint density at radius 3 is 2.52 bits per heavy atom. The maximum Gasteiger partial charge on any atom is 0.289 e. The minimum atomic E-state index is -0.123. The Morgan fingerprint density at radius 2 is 1.81 bits per heavy atom. The first-order valence-corrected chi connectivity index (χ1v) is 9.12. The van der Waals surface area contributed by atoms with Gasteiger partial charge in [-0.3, -0.25) is 9.59 Å². The van der Waals surface area contributed by atoms with Crippen molar-refractivity contribution in [3.63, 3.8) is 0 Å². The zero-order chi connectivity index (χ0) is 19.1. The van der Waals surface area contributed by atoms with Gasteiger partial charge < -0.3 is 24.3 Å². The van der Waals surface area contributed by atoms with Crippen LogP contribution in [-0.2, 0) is 11.2 Å². The molecule has 1 aliphatic rings. The summed E-state index contributed by atoms with van der Waals surface area (Å²) in [6, 6.07) is 11.2. The molecule has 2 heterocycles. The summed E-state index contributed by atoms with van der Waals surface area (Å²) >= 11 is 0. The van der Waals surface area contributed by atoms with Gasteiger partial charge in [0.1, 0.15) is 5.75 Å². The molecule has 27 heavy (non-hydrogen) atoms. The summed E-state index contributed by atoms with van der Waals surface area (Å²) in [5.41, 5.74) is 1.12. The number of nitrogens with zero attached hydrogens (tertiary/aromatic N) is 2. The zero-order valence-corrected chi connectivity index (χ0v) is 15.5. The molecule has 1 N–H and O–H groups in total. The van der Waals surface area contributed by atoms with Crippen molar-refractivity contribution < 1.29 is 18.7 Å². The van der Waals surface area contributed by atoms with Gasteiger partial charge in [0.15, 0.2) is 5.76 Å². The van der Waals surface area contributed by atoms with Gasteiger partial charge in [-0.05, 0) is 36.7 Å². The molecule has 1 fully saturated rings. The number of para-hydroxylation sites is 1. The lowest BCUT2D eigenvalue weighted by molar-refractivity contribution is -0.131. The number of amides is 2. The lowest BCUT2D eigenvalue weighted by atomic mass is 10.1. The van der Waals surface area contributed by atoms with Gasteiger partial charge in [-0.15, -0.1) is 0 Å². The molecule has 1 saturated heterocycles. The quantitative estimate of drug-likeness (QED) is 0.745. The summed E-state index contributed by atoms with van der Waals surface area (Å²) < 4.78 is 10.5. The van der Waals surface area contributed by atoms with E-state index in [2.05, 4.69) is 5.32 Å². The largest absolute Gasteiger partial charge is 0.496 e. The topological polar surface area (TPSA) is 75.0 Å². The van der Waals surface area contributed by atoms with Crippen LogP contribution in [0, 0.1) is 0 Å². The van der Waals surface area contributed by atoms with Gasteiger partial charge in [-0.1, -0.05) is 18.2 Å². The van der Waals surface area contributed by atoms with Crippen molar-refractivity contribution in [2.75, 3.05) is 46.4 Å². The molecule has 0 aliphatic carbocycles. The van der Waals surface area contributed by atoms with Gasteiger partial charge in [0.25, 0.3) is 5.91 Å². The number of piperazine rings is 1. The number of rotatable bonds is 7. The third-order valence-electron chi connectivity index (χ3n) is 4.69. The van der Waals surface area contributed by atoms with E-state index >= 15 is 0 Å². The van der Waals surface area contributed by atoms with Gasteiger partial charge in [0.05, 0.1) is 19.9 Å². The third kappa shape index (κ3) is 4.89. The maximum atomic E-state index is 12.4. The van der Waals surface area contributed by atoms with E-state index in [1.807, 2.05) is 24.3 Å². The number of nitrogens with one attached hydrogen (secondary N) is 1. The standard InChI is InChI=1S/C20H25N3O4/c1-26-17-6-3-2-5-16(17)8-9-21-15-19(24)22-10-12-23(13-11-22)20(25)18-7-4-14-27-18/h2-7,14,21H,8-13,15H2,1H3. The molecule has 3 rings (SSSR count). The lowest BCUT2D eigenvalue weighted by Crippen LogP contribution is -2.52. The molecule has 7 heteroatoms. The van der Waals surface area contributed by atoms with E-state index in [1.54, 1.807) is 29.0 Å². The molecule has 0 atom stereocenters. The van der Waals surface area contributed by atoms with Crippen LogP contribution in [0.5, 0.6) is 5.75 Å². The first kappa shape index (κ1) is 19.0. The second-order valence-corrected chi connectivity index (χ2v) is 6.39. The Morgan fingerprint density at radius 1 is 1.07 bits per heavy atom. The van der Waals surface area contributed by atoms with Crippen molar-refractivity contribution in [2.24, 2.45) is 0 Å². The summed E-state index contributed by atoms with van der Waals surface area (Å²) in [6.45, 7) is 3.11. The Kier molecular flexibility index (Phi) is 6.49. The highest BCUT2D eigenvalue weighted by Crippen LogP contribution is 2.17. The van der Waals surface area contributed by atoms with Crippen molar-refractivity contribution in [3.05, 3.63) is 54.0 Å². The first-order chi connectivity index (χ1) is 13.2. The molecule has 2 amide bonds. The average molecular weight is 371 g/mol. The highest BCUT2D eigenvalue weighted by Gasteiger charge is 2.25. The number of hydrogen-bond donors (Lipinski definition) is 1. The Bertz CT molecular complexity index is 752. The van der Waals surface area contributed by atoms with Crippen LogP contribution in [0.1, 0.15) is 16.1 Å². The predicted octanol–water partition coefficient (Wildman–Crippen LogP) is 1.40. The molecule has 7 nitrogen and oxygen atoms in total. The number of hydrogen-bond acceptors (Lipinski definition) is 5. The molecule has 2 aromatic rings. The molecule has 144 valence electrons. The number of carbonyl (C=O) groups excluding carboxylic acids is 2. The minimum Gasteiger partial charge on any atom is -0.496 e. The van der Waals surface area contributed by atoms with E-state index < -0.39 is 0 Å². The smallest absolute Gasteiger partial charge is 0.289 e. The summed E-state index contributed by atoms with van der Waals surface area (Å²) in [6.07, 6.45) is 2.28. The molecule has 0 spiro atoms. The normalized spacial score (nSPS) is 14.3. The summed E-state index contributed by atoms with van der Waals surface area (Å²) in [5.74, 6) is 1.14. The average Bonchev–Trinajstić information content (AvgIpc) is 3.25. The fraction of sp³-hybridized carbons (Fsp3) is 0.400. The van der Waals surface area contributed by atoms with E-state index in [4.69, 9.17) is 9.15 Å². The van der Waals surface area contributed by atoms with Gasteiger partial charge >= 0.3 is 0 Å². The second kappa shape index (κ2) is 9.23. The monoisotopic (exact) mass is 371 g/mol. The van der Waals surface area contributed by atoms with Crippen molar-refractivity contribution >= 4 is 11.8 Å².